The number of carbonyl (C=O) groups is 1. The number of carbonyl (C=O) groups excluding carboxylic acids is 1. The number of nitrogens with zero attached hydrogens (tertiary/aromatic N) is 3. The van der Waals surface area contributed by atoms with Crippen molar-refractivity contribution >= 4 is 41.3 Å². The Morgan fingerprint density at radius 3 is 2.40 bits per heavy atom. The largest absolute Gasteiger partial charge is 0.609 e. The van der Waals surface area contributed by atoms with E-state index in [1.54, 1.807) is 23.2 Å². The fraction of sp³-hybridized carbons (Fsp3) is 0.0870. The van der Waals surface area contributed by atoms with E-state index in [2.05, 4.69) is 15.3 Å². The number of imidazole rings is 1. The molecule has 2 aromatic carbocycles. The predicted octanol–water partition coefficient (Wildman–Crippen LogP) is 1.49. The van der Waals surface area contributed by atoms with Crippen molar-refractivity contribution in [1.82, 2.24) is 14.5 Å². The fourth-order valence-corrected chi connectivity index (χ4v) is 5.28. The molecule has 0 aliphatic rings. The van der Waals surface area contributed by atoms with Gasteiger partial charge in [0.05, 0.1) is 6.20 Å². The summed E-state index contributed by atoms with van der Waals surface area (Å²) in [5.74, 6) is 0.504. The first-order chi connectivity index (χ1) is 16.6. The summed E-state index contributed by atoms with van der Waals surface area (Å²) in [6.07, 6.45) is 5.13. The zero-order valence-electron chi connectivity index (χ0n) is 18.6. The van der Waals surface area contributed by atoms with Crippen molar-refractivity contribution in [2.45, 2.75) is 17.8 Å². The van der Waals surface area contributed by atoms with Gasteiger partial charge in [-0.05, 0) is 12.1 Å². The van der Waals surface area contributed by atoms with E-state index in [4.69, 9.17) is 8.19 Å². The Labute approximate surface area is 207 Å². The van der Waals surface area contributed by atoms with E-state index in [1.165, 1.54) is 6.92 Å². The van der Waals surface area contributed by atoms with Gasteiger partial charge in [0, 0.05) is 29.1 Å². The van der Waals surface area contributed by atoms with Gasteiger partial charge in [-0.15, -0.1) is 0 Å². The van der Waals surface area contributed by atoms with Crippen molar-refractivity contribution in [2.24, 2.45) is 0 Å². The maximum atomic E-state index is 12.5. The van der Waals surface area contributed by atoms with Gasteiger partial charge < -0.3 is 4.55 Å². The van der Waals surface area contributed by atoms with Crippen molar-refractivity contribution in [3.63, 3.8) is 0 Å². The molecule has 1 atom stereocenters. The molecule has 2 heterocycles. The topological polar surface area (TPSA) is 161 Å². The number of pyridine rings is 1. The Morgan fingerprint density at radius 2 is 1.77 bits per heavy atom. The molecule has 35 heavy (non-hydrogen) atoms. The molecule has 4 rings (SSSR count). The monoisotopic (exact) mass is 558 g/mol. The minimum atomic E-state index is -4.98. The number of aromatic hydroxyl groups is 1. The summed E-state index contributed by atoms with van der Waals surface area (Å²) >= 11 is -6.19. The van der Waals surface area contributed by atoms with Crippen LogP contribution in [0.15, 0.2) is 90.5 Å². The SMILES string of the molecule is CC(=O)Nc1cc([As](=O)(O)O)ccc1O.[O-][S+](Cc1ccccc1)c1nccn1-c1ccccn1. The molecule has 10 nitrogen and oxygen atoms in total. The van der Waals surface area contributed by atoms with Crippen molar-refractivity contribution in [3.05, 3.63) is 90.9 Å². The molecule has 0 saturated heterocycles. The molecule has 0 saturated carbocycles. The Bertz CT molecular complexity index is 1310. The first kappa shape index (κ1) is 26.3. The second-order valence-corrected chi connectivity index (χ2v) is 11.9. The second-order valence-electron chi connectivity index (χ2n) is 7.17. The van der Waals surface area contributed by atoms with E-state index in [0.717, 1.165) is 29.6 Å². The number of anilines is 1. The number of phenolic OH excluding ortho intramolecular Hbond substituents is 1. The first-order valence-electron chi connectivity index (χ1n) is 10.2. The molecule has 0 radical (unpaired) electrons. The van der Waals surface area contributed by atoms with Crippen LogP contribution in [-0.2, 0) is 25.5 Å². The van der Waals surface area contributed by atoms with E-state index in [1.807, 2.05) is 48.5 Å². The van der Waals surface area contributed by atoms with Crippen LogP contribution in [-0.4, -0.2) is 52.5 Å². The van der Waals surface area contributed by atoms with Gasteiger partial charge in [0.1, 0.15) is 11.6 Å². The molecule has 4 aromatic rings. The molecule has 1 unspecified atom stereocenters. The summed E-state index contributed by atoms with van der Waals surface area (Å²) < 4.78 is 42.8. The van der Waals surface area contributed by atoms with Crippen molar-refractivity contribution in [2.75, 3.05) is 5.32 Å². The third-order valence-corrected chi connectivity index (χ3v) is 7.77. The maximum absolute atomic E-state index is 12.5. The predicted molar refractivity (Wildman–Crippen MR) is 131 cm³/mol. The number of rotatable bonds is 6. The van der Waals surface area contributed by atoms with Gasteiger partial charge >= 0.3 is 93.3 Å². The number of benzene rings is 2. The summed E-state index contributed by atoms with van der Waals surface area (Å²) in [5, 5.41) is 12.1. The van der Waals surface area contributed by atoms with Gasteiger partial charge in [0.15, 0.2) is 0 Å². The summed E-state index contributed by atoms with van der Waals surface area (Å²) in [5.41, 5.74) is 1.02. The van der Waals surface area contributed by atoms with Crippen molar-refractivity contribution < 1.29 is 26.4 Å². The Balaban J connectivity index is 0.000000205. The molecule has 0 bridgehead atoms. The van der Waals surface area contributed by atoms with E-state index < -0.39 is 31.3 Å². The normalized spacial score (nSPS) is 11.8. The first-order valence-corrected chi connectivity index (χ1v) is 14.9. The Kier molecular flexibility index (Phi) is 8.91. The van der Waals surface area contributed by atoms with E-state index in [0.29, 0.717) is 10.9 Å². The summed E-state index contributed by atoms with van der Waals surface area (Å²) in [6.45, 7) is 1.23. The number of hydrogen-bond acceptors (Lipinski definition) is 6. The smallest absolute Gasteiger partial charge is 0.329 e. The van der Waals surface area contributed by atoms with Crippen molar-refractivity contribution in [1.29, 1.82) is 0 Å². The molecule has 1 amide bonds. The van der Waals surface area contributed by atoms with Crippen LogP contribution in [0.4, 0.5) is 5.69 Å². The molecule has 0 fully saturated rings. The Morgan fingerprint density at radius 1 is 1.06 bits per heavy atom. The fourth-order valence-electron chi connectivity index (χ4n) is 2.91. The second kappa shape index (κ2) is 11.9. The zero-order chi connectivity index (χ0) is 25.4. The van der Waals surface area contributed by atoms with E-state index in [-0.39, 0.29) is 15.8 Å². The van der Waals surface area contributed by atoms with Crippen LogP contribution < -0.4 is 9.67 Å². The molecule has 4 N–H and O–H groups in total. The minimum absolute atomic E-state index is 0.00951. The number of hydrogen-bond donors (Lipinski definition) is 4. The van der Waals surface area contributed by atoms with Crippen LogP contribution >= 0.6 is 0 Å². The standard InChI is InChI=1S/C15H13N3OS.C8H10AsNO5/c19-20(12-13-6-2-1-3-7-13)15-17-10-11-18(15)14-8-4-5-9-16-14;1-5(11)10-7-4-6(9(13,14)15)2-3-8(7)12/h1-11H,12H2;2-4,12H,1H3,(H,10,11)(H2,13,14,15). The third kappa shape index (κ3) is 7.57. The van der Waals surface area contributed by atoms with E-state index in [9.17, 15) is 18.2 Å². The summed E-state index contributed by atoms with van der Waals surface area (Å²) in [4.78, 5) is 19.2. The average molecular weight is 558 g/mol. The minimum Gasteiger partial charge on any atom is -0.609 e. The van der Waals surface area contributed by atoms with E-state index >= 15 is 0 Å². The molecular weight excluding hydrogens is 535 g/mol. The number of nitrogens with one attached hydrogen (secondary N) is 1. The van der Waals surface area contributed by atoms with Gasteiger partial charge in [0.2, 0.25) is 0 Å². The molecule has 12 heteroatoms. The van der Waals surface area contributed by atoms with Crippen molar-refractivity contribution in [3.8, 4) is 11.6 Å². The van der Waals surface area contributed by atoms with Crippen LogP contribution in [0.2, 0.25) is 0 Å². The zero-order valence-corrected chi connectivity index (χ0v) is 21.2. The summed E-state index contributed by atoms with van der Waals surface area (Å²) in [6, 6.07) is 18.7. The number of aromatic nitrogens is 3. The third-order valence-electron chi connectivity index (χ3n) is 4.47. The van der Waals surface area contributed by atoms with Crippen LogP contribution in [0.1, 0.15) is 12.5 Å². The number of phenols is 1. The van der Waals surface area contributed by atoms with Gasteiger partial charge in [-0.25, -0.2) is 9.55 Å². The number of amides is 1. The molecular formula is C23H23AsN4O6S. The van der Waals surface area contributed by atoms with Gasteiger partial charge in [-0.1, -0.05) is 36.4 Å². The van der Waals surface area contributed by atoms with Crippen LogP contribution in [0.3, 0.4) is 0 Å². The van der Waals surface area contributed by atoms with Crippen LogP contribution in [0.25, 0.3) is 5.82 Å². The molecule has 0 aliphatic heterocycles. The van der Waals surface area contributed by atoms with Crippen LogP contribution in [0.5, 0.6) is 5.75 Å². The van der Waals surface area contributed by atoms with Gasteiger partial charge in [-0.3, -0.25) is 0 Å². The Hall–Kier alpha value is -3.34. The quantitative estimate of drug-likeness (QED) is 0.157. The van der Waals surface area contributed by atoms with Gasteiger partial charge in [-0.2, -0.15) is 4.98 Å². The molecule has 182 valence electrons. The average Bonchev–Trinajstić information content (AvgIpc) is 3.31. The molecule has 0 aliphatic carbocycles. The molecule has 2 aromatic heterocycles. The summed E-state index contributed by atoms with van der Waals surface area (Å²) in [7, 11) is 0. The van der Waals surface area contributed by atoms with Crippen LogP contribution in [0, 0.1) is 0 Å². The van der Waals surface area contributed by atoms with Gasteiger partial charge in [0.25, 0.3) is 0 Å². The molecule has 0 spiro atoms. The maximum Gasteiger partial charge on any atom is 0.329 e.